The summed E-state index contributed by atoms with van der Waals surface area (Å²) in [5.41, 5.74) is 3.62. The molecule has 1 aliphatic heterocycles. The van der Waals surface area contributed by atoms with Gasteiger partial charge in [-0.05, 0) is 29.9 Å². The monoisotopic (exact) mass is 323 g/mol. The Morgan fingerprint density at radius 3 is 2.62 bits per heavy atom. The number of aliphatic hydroxyl groups excluding tert-OH is 2. The first kappa shape index (κ1) is 15.8. The molecule has 1 aliphatic carbocycles. The minimum absolute atomic E-state index is 0.148. The van der Waals surface area contributed by atoms with Crippen molar-refractivity contribution in [1.29, 1.82) is 0 Å². The van der Waals surface area contributed by atoms with E-state index in [0.29, 0.717) is 6.54 Å². The summed E-state index contributed by atoms with van der Waals surface area (Å²) in [6, 6.07) is 18.9. The Hall–Kier alpha value is -1.68. The van der Waals surface area contributed by atoms with Crippen LogP contribution in [0.3, 0.4) is 0 Å². The van der Waals surface area contributed by atoms with Crippen molar-refractivity contribution in [2.75, 3.05) is 19.7 Å². The lowest BCUT2D eigenvalue weighted by atomic mass is 9.95. The Bertz CT molecular complexity index is 717. The number of likely N-dealkylation sites (tertiary alicyclic amines) is 1. The van der Waals surface area contributed by atoms with Gasteiger partial charge >= 0.3 is 0 Å². The van der Waals surface area contributed by atoms with Crippen LogP contribution < -0.4 is 0 Å². The largest absolute Gasteiger partial charge is 0.396 e. The molecule has 0 aromatic heterocycles. The Morgan fingerprint density at radius 1 is 1.12 bits per heavy atom. The summed E-state index contributed by atoms with van der Waals surface area (Å²) in [4.78, 5) is 2.34. The van der Waals surface area contributed by atoms with Crippen LogP contribution in [-0.4, -0.2) is 40.9 Å². The molecule has 1 spiro atoms. The molecule has 0 bridgehead atoms. The van der Waals surface area contributed by atoms with Gasteiger partial charge in [-0.3, -0.25) is 4.90 Å². The Balaban J connectivity index is 1.54. The van der Waals surface area contributed by atoms with Crippen molar-refractivity contribution in [2.24, 2.45) is 11.3 Å². The number of aliphatic hydroxyl groups is 2. The average molecular weight is 323 g/mol. The van der Waals surface area contributed by atoms with E-state index >= 15 is 0 Å². The molecule has 2 aromatic rings. The van der Waals surface area contributed by atoms with Crippen molar-refractivity contribution < 1.29 is 10.2 Å². The number of hydrogen-bond donors (Lipinski definition) is 2. The zero-order valence-corrected chi connectivity index (χ0v) is 14.1. The van der Waals surface area contributed by atoms with Crippen molar-refractivity contribution >= 4 is 0 Å². The van der Waals surface area contributed by atoms with Crippen molar-refractivity contribution in [3.8, 4) is 0 Å². The van der Waals surface area contributed by atoms with E-state index < -0.39 is 0 Å². The van der Waals surface area contributed by atoms with Crippen LogP contribution in [-0.2, 0) is 6.54 Å². The average Bonchev–Trinajstić information content (AvgIpc) is 3.12. The maximum Gasteiger partial charge on any atom is 0.0745 e. The van der Waals surface area contributed by atoms with Gasteiger partial charge in [-0.1, -0.05) is 60.2 Å². The lowest BCUT2D eigenvalue weighted by Gasteiger charge is -2.17. The van der Waals surface area contributed by atoms with Crippen LogP contribution in [0, 0.1) is 18.3 Å². The Kier molecular flexibility index (Phi) is 3.95. The molecule has 2 aromatic carbocycles. The van der Waals surface area contributed by atoms with Crippen molar-refractivity contribution in [2.45, 2.75) is 25.5 Å². The fourth-order valence-electron chi connectivity index (χ4n) is 4.85. The van der Waals surface area contributed by atoms with Gasteiger partial charge in [0.25, 0.3) is 0 Å². The fraction of sp³-hybridized carbons (Fsp3) is 0.429. The Morgan fingerprint density at radius 2 is 1.92 bits per heavy atom. The van der Waals surface area contributed by atoms with E-state index in [0.717, 1.165) is 13.1 Å². The highest BCUT2D eigenvalue weighted by atomic mass is 16.3. The molecule has 4 atom stereocenters. The van der Waals surface area contributed by atoms with Gasteiger partial charge < -0.3 is 10.2 Å². The van der Waals surface area contributed by atoms with E-state index in [4.69, 9.17) is 0 Å². The smallest absolute Gasteiger partial charge is 0.0745 e. The second-order valence-corrected chi connectivity index (χ2v) is 7.46. The topological polar surface area (TPSA) is 43.7 Å². The van der Waals surface area contributed by atoms with E-state index in [1.807, 2.05) is 18.2 Å². The second kappa shape index (κ2) is 5.99. The first-order chi connectivity index (χ1) is 11.6. The maximum atomic E-state index is 10.8. The number of benzene rings is 2. The number of aryl methyl sites for hydroxylation is 1. The molecule has 3 heteroatoms. The quantitative estimate of drug-likeness (QED) is 0.909. The molecule has 1 saturated carbocycles. The van der Waals surface area contributed by atoms with E-state index in [9.17, 15) is 10.2 Å². The van der Waals surface area contributed by atoms with Gasteiger partial charge in [-0.15, -0.1) is 0 Å². The molecule has 0 unspecified atom stereocenters. The van der Waals surface area contributed by atoms with Crippen molar-refractivity contribution in [3.63, 3.8) is 0 Å². The zero-order valence-electron chi connectivity index (χ0n) is 14.1. The first-order valence-corrected chi connectivity index (χ1v) is 8.77. The highest BCUT2D eigenvalue weighted by Gasteiger charge is 2.70. The summed E-state index contributed by atoms with van der Waals surface area (Å²) in [6.07, 6.45) is -0.371. The van der Waals surface area contributed by atoms with Gasteiger partial charge in [0.1, 0.15) is 0 Å². The molecule has 0 amide bonds. The predicted molar refractivity (Wildman–Crippen MR) is 94.7 cm³/mol. The number of hydrogen-bond acceptors (Lipinski definition) is 3. The minimum Gasteiger partial charge on any atom is -0.396 e. The third kappa shape index (κ3) is 2.48. The third-order valence-electron chi connectivity index (χ3n) is 5.96. The van der Waals surface area contributed by atoms with Crippen LogP contribution in [0.4, 0.5) is 0 Å². The van der Waals surface area contributed by atoms with E-state index in [2.05, 4.69) is 48.2 Å². The predicted octanol–water partition coefficient (Wildman–Crippen LogP) is 2.56. The lowest BCUT2D eigenvalue weighted by Crippen LogP contribution is -2.23. The number of nitrogens with zero attached hydrogens (tertiary/aromatic N) is 1. The molecule has 24 heavy (non-hydrogen) atoms. The van der Waals surface area contributed by atoms with E-state index in [1.54, 1.807) is 0 Å². The standard InChI is InChI=1S/C21H25NO2/c1-15-6-5-7-16(10-15)11-22-12-19(24)21(14-22)18(13-23)20(21)17-8-3-2-4-9-17/h2-10,18-20,23-24H,11-14H2,1H3/t18-,19-,20-,21-/m1/s1. The van der Waals surface area contributed by atoms with Crippen LogP contribution in [0.2, 0.25) is 0 Å². The van der Waals surface area contributed by atoms with Crippen molar-refractivity contribution in [1.82, 2.24) is 4.90 Å². The normalized spacial score (nSPS) is 32.4. The summed E-state index contributed by atoms with van der Waals surface area (Å²) in [6.45, 7) is 4.66. The molecular formula is C21H25NO2. The van der Waals surface area contributed by atoms with Crippen molar-refractivity contribution in [3.05, 3.63) is 71.3 Å². The maximum absolute atomic E-state index is 10.8. The summed E-state index contributed by atoms with van der Waals surface area (Å²) in [5.74, 6) is 0.429. The second-order valence-electron chi connectivity index (χ2n) is 7.46. The van der Waals surface area contributed by atoms with Gasteiger partial charge in [-0.2, -0.15) is 0 Å². The third-order valence-corrected chi connectivity index (χ3v) is 5.96. The van der Waals surface area contributed by atoms with Gasteiger partial charge in [0, 0.05) is 31.7 Å². The van der Waals surface area contributed by atoms with Gasteiger partial charge in [-0.25, -0.2) is 0 Å². The molecule has 0 radical (unpaired) electrons. The summed E-state index contributed by atoms with van der Waals surface area (Å²) < 4.78 is 0. The lowest BCUT2D eigenvalue weighted by molar-refractivity contribution is 0.111. The van der Waals surface area contributed by atoms with Gasteiger partial charge in [0.05, 0.1) is 6.10 Å². The van der Waals surface area contributed by atoms with Crippen LogP contribution in [0.25, 0.3) is 0 Å². The van der Waals surface area contributed by atoms with Crippen LogP contribution >= 0.6 is 0 Å². The summed E-state index contributed by atoms with van der Waals surface area (Å²) >= 11 is 0. The molecule has 4 rings (SSSR count). The fourth-order valence-corrected chi connectivity index (χ4v) is 4.85. The molecule has 2 N–H and O–H groups in total. The first-order valence-electron chi connectivity index (χ1n) is 8.77. The summed E-state index contributed by atoms with van der Waals surface area (Å²) in [5, 5.41) is 20.7. The SMILES string of the molecule is Cc1cccc(CN2C[C@@H](O)[C@@]3(C2)[C@H](CO)[C@H]3c2ccccc2)c1. The molecule has 1 saturated heterocycles. The minimum atomic E-state index is -0.371. The zero-order chi connectivity index (χ0) is 16.7. The van der Waals surface area contributed by atoms with E-state index in [-0.39, 0.29) is 30.0 Å². The van der Waals surface area contributed by atoms with Crippen LogP contribution in [0.1, 0.15) is 22.6 Å². The number of β-amino-alcohol motifs (C(OH)–C–C–N with tert-alkyl or cyclic N) is 1. The highest BCUT2D eigenvalue weighted by molar-refractivity contribution is 5.36. The highest BCUT2D eigenvalue weighted by Crippen LogP contribution is 2.68. The van der Waals surface area contributed by atoms with Gasteiger partial charge in [0.2, 0.25) is 0 Å². The molecule has 2 aliphatic rings. The van der Waals surface area contributed by atoms with Gasteiger partial charge in [0.15, 0.2) is 0 Å². The van der Waals surface area contributed by atoms with Crippen LogP contribution in [0.15, 0.2) is 54.6 Å². The summed E-state index contributed by atoms with van der Waals surface area (Å²) in [7, 11) is 0. The molecule has 1 heterocycles. The molecule has 2 fully saturated rings. The van der Waals surface area contributed by atoms with Crippen LogP contribution in [0.5, 0.6) is 0 Å². The molecule has 126 valence electrons. The molecular weight excluding hydrogens is 298 g/mol. The van der Waals surface area contributed by atoms with E-state index in [1.165, 1.54) is 16.7 Å². The molecule has 3 nitrogen and oxygen atoms in total. The number of rotatable bonds is 4. The Labute approximate surface area is 143 Å².